The summed E-state index contributed by atoms with van der Waals surface area (Å²) in [5, 5.41) is 3.48. The average Bonchev–Trinajstić information content (AvgIpc) is 2.69. The van der Waals surface area contributed by atoms with Gasteiger partial charge in [0.1, 0.15) is 5.54 Å². The van der Waals surface area contributed by atoms with Gasteiger partial charge in [-0.2, -0.15) is 0 Å². The van der Waals surface area contributed by atoms with Crippen LogP contribution in [0.25, 0.3) is 0 Å². The number of esters is 1. The first-order chi connectivity index (χ1) is 9.41. The van der Waals surface area contributed by atoms with Gasteiger partial charge in [0.2, 0.25) is 0 Å². The van der Waals surface area contributed by atoms with E-state index in [4.69, 9.17) is 4.74 Å². The lowest BCUT2D eigenvalue weighted by atomic mass is 9.74. The van der Waals surface area contributed by atoms with Gasteiger partial charge in [0, 0.05) is 5.69 Å². The van der Waals surface area contributed by atoms with Gasteiger partial charge >= 0.3 is 5.97 Å². The van der Waals surface area contributed by atoms with Crippen molar-refractivity contribution in [3.8, 4) is 0 Å². The Kier molecular flexibility index (Phi) is 4.07. The minimum atomic E-state index is -0.613. The van der Waals surface area contributed by atoms with E-state index in [1.54, 1.807) is 0 Å². The highest BCUT2D eigenvalue weighted by molar-refractivity contribution is 5.86. The third-order valence-corrected chi connectivity index (χ3v) is 4.54. The van der Waals surface area contributed by atoms with E-state index in [-0.39, 0.29) is 11.4 Å². The number of anilines is 1. The number of benzene rings is 1. The Hall–Kier alpha value is -1.51. The van der Waals surface area contributed by atoms with E-state index >= 15 is 0 Å². The third kappa shape index (κ3) is 2.54. The van der Waals surface area contributed by atoms with Crippen molar-refractivity contribution in [1.82, 2.24) is 0 Å². The zero-order chi connectivity index (χ0) is 14.8. The van der Waals surface area contributed by atoms with Gasteiger partial charge in [-0.1, -0.05) is 31.5 Å². The molecule has 0 saturated heterocycles. The number of hydrogen-bond donors (Lipinski definition) is 1. The van der Waals surface area contributed by atoms with Crippen LogP contribution in [0.3, 0.4) is 0 Å². The SMILES string of the molecule is CCOC(=O)C1(Nc2ccc(C)cc2)CCCC1(C)C. The Bertz CT molecular complexity index is 478. The molecule has 1 saturated carbocycles. The highest BCUT2D eigenvalue weighted by Crippen LogP contribution is 2.48. The van der Waals surface area contributed by atoms with Gasteiger partial charge in [-0.05, 0) is 50.7 Å². The summed E-state index contributed by atoms with van der Waals surface area (Å²) in [6.45, 7) is 8.65. The molecule has 0 amide bonds. The van der Waals surface area contributed by atoms with Gasteiger partial charge in [0.05, 0.1) is 6.61 Å². The Labute approximate surface area is 121 Å². The smallest absolute Gasteiger partial charge is 0.332 e. The van der Waals surface area contributed by atoms with Crippen molar-refractivity contribution >= 4 is 11.7 Å². The first kappa shape index (κ1) is 14.9. The van der Waals surface area contributed by atoms with Gasteiger partial charge in [0.25, 0.3) is 0 Å². The van der Waals surface area contributed by atoms with E-state index in [1.807, 2.05) is 19.1 Å². The van der Waals surface area contributed by atoms with Crippen LogP contribution < -0.4 is 5.32 Å². The molecular formula is C17H25NO2. The average molecular weight is 275 g/mol. The molecule has 0 aromatic heterocycles. The molecule has 0 heterocycles. The lowest BCUT2D eigenvalue weighted by Gasteiger charge is -2.40. The van der Waals surface area contributed by atoms with E-state index in [1.165, 1.54) is 5.56 Å². The molecule has 0 spiro atoms. The molecule has 1 aromatic carbocycles. The zero-order valence-electron chi connectivity index (χ0n) is 13.0. The lowest BCUT2D eigenvalue weighted by molar-refractivity contribution is -0.151. The van der Waals surface area contributed by atoms with Crippen molar-refractivity contribution in [2.75, 3.05) is 11.9 Å². The molecule has 110 valence electrons. The summed E-state index contributed by atoms with van der Waals surface area (Å²) in [5.41, 5.74) is 1.48. The van der Waals surface area contributed by atoms with E-state index in [0.717, 1.165) is 24.9 Å². The predicted octanol–water partition coefficient (Wildman–Crippen LogP) is 3.92. The molecular weight excluding hydrogens is 250 g/mol. The lowest BCUT2D eigenvalue weighted by Crippen LogP contribution is -2.54. The maximum atomic E-state index is 12.6. The van der Waals surface area contributed by atoms with Crippen molar-refractivity contribution in [3.63, 3.8) is 0 Å². The molecule has 0 radical (unpaired) electrons. The fourth-order valence-corrected chi connectivity index (χ4v) is 3.15. The quantitative estimate of drug-likeness (QED) is 0.846. The Morgan fingerprint density at radius 2 is 1.90 bits per heavy atom. The van der Waals surface area contributed by atoms with Crippen molar-refractivity contribution < 1.29 is 9.53 Å². The molecule has 1 fully saturated rings. The second-order valence-electron chi connectivity index (χ2n) is 6.35. The number of nitrogens with one attached hydrogen (secondary N) is 1. The standard InChI is InChI=1S/C17H25NO2/c1-5-20-15(19)17(12-6-11-16(17,3)4)18-14-9-7-13(2)8-10-14/h7-10,18H,5-6,11-12H2,1-4H3. The first-order valence-corrected chi connectivity index (χ1v) is 7.43. The molecule has 3 heteroatoms. The second-order valence-corrected chi connectivity index (χ2v) is 6.35. The molecule has 20 heavy (non-hydrogen) atoms. The molecule has 3 nitrogen and oxygen atoms in total. The summed E-state index contributed by atoms with van der Waals surface area (Å²) in [5.74, 6) is -0.122. The molecule has 1 atom stereocenters. The highest BCUT2D eigenvalue weighted by Gasteiger charge is 2.55. The summed E-state index contributed by atoms with van der Waals surface area (Å²) < 4.78 is 5.36. The second kappa shape index (κ2) is 5.47. The van der Waals surface area contributed by atoms with Crippen molar-refractivity contribution in [1.29, 1.82) is 0 Å². The van der Waals surface area contributed by atoms with Crippen molar-refractivity contribution in [2.24, 2.45) is 5.41 Å². The maximum absolute atomic E-state index is 12.6. The number of hydrogen-bond acceptors (Lipinski definition) is 3. The minimum Gasteiger partial charge on any atom is -0.464 e. The van der Waals surface area contributed by atoms with Crippen LogP contribution in [-0.2, 0) is 9.53 Å². The van der Waals surface area contributed by atoms with Gasteiger partial charge in [-0.25, -0.2) is 4.79 Å². The van der Waals surface area contributed by atoms with E-state index < -0.39 is 5.54 Å². The molecule has 0 bridgehead atoms. The van der Waals surface area contributed by atoms with Crippen LogP contribution in [0.2, 0.25) is 0 Å². The number of aryl methyl sites for hydroxylation is 1. The van der Waals surface area contributed by atoms with Crippen LogP contribution in [-0.4, -0.2) is 18.1 Å². The van der Waals surface area contributed by atoms with Crippen LogP contribution in [0.1, 0.15) is 45.6 Å². The Morgan fingerprint density at radius 1 is 1.25 bits per heavy atom. The summed E-state index contributed by atoms with van der Waals surface area (Å²) >= 11 is 0. The molecule has 1 aromatic rings. The van der Waals surface area contributed by atoms with Gasteiger partial charge < -0.3 is 10.1 Å². The van der Waals surface area contributed by atoms with Crippen molar-refractivity contribution in [2.45, 2.75) is 52.5 Å². The third-order valence-electron chi connectivity index (χ3n) is 4.54. The Balaban J connectivity index is 2.32. The highest BCUT2D eigenvalue weighted by atomic mass is 16.5. The first-order valence-electron chi connectivity index (χ1n) is 7.43. The molecule has 1 aliphatic carbocycles. The number of ether oxygens (including phenoxy) is 1. The fraction of sp³-hybridized carbons (Fsp3) is 0.588. The van der Waals surface area contributed by atoms with E-state index in [9.17, 15) is 4.79 Å². The molecule has 1 unspecified atom stereocenters. The topological polar surface area (TPSA) is 38.3 Å². The number of rotatable bonds is 4. The van der Waals surface area contributed by atoms with Crippen LogP contribution in [0.5, 0.6) is 0 Å². The van der Waals surface area contributed by atoms with Gasteiger partial charge in [-0.3, -0.25) is 0 Å². The molecule has 2 rings (SSSR count). The minimum absolute atomic E-state index is 0.107. The Morgan fingerprint density at radius 3 is 2.40 bits per heavy atom. The van der Waals surface area contributed by atoms with Crippen LogP contribution in [0.4, 0.5) is 5.69 Å². The number of carbonyl (C=O) groups excluding carboxylic acids is 1. The summed E-state index contributed by atoms with van der Waals surface area (Å²) in [4.78, 5) is 12.6. The zero-order valence-corrected chi connectivity index (χ0v) is 13.0. The van der Waals surface area contributed by atoms with Crippen LogP contribution in [0.15, 0.2) is 24.3 Å². The van der Waals surface area contributed by atoms with Crippen molar-refractivity contribution in [3.05, 3.63) is 29.8 Å². The summed E-state index contributed by atoms with van der Waals surface area (Å²) in [6, 6.07) is 8.18. The van der Waals surface area contributed by atoms with E-state index in [2.05, 4.69) is 38.2 Å². The van der Waals surface area contributed by atoms with Gasteiger partial charge in [0.15, 0.2) is 0 Å². The monoisotopic (exact) mass is 275 g/mol. The molecule has 0 aliphatic heterocycles. The fourth-order valence-electron chi connectivity index (χ4n) is 3.15. The molecule has 1 aliphatic rings. The van der Waals surface area contributed by atoms with E-state index in [0.29, 0.717) is 6.61 Å². The molecule has 1 N–H and O–H groups in total. The summed E-state index contributed by atoms with van der Waals surface area (Å²) in [7, 11) is 0. The maximum Gasteiger partial charge on any atom is 0.332 e. The number of carbonyl (C=O) groups is 1. The largest absolute Gasteiger partial charge is 0.464 e. The normalized spacial score (nSPS) is 24.4. The van der Waals surface area contributed by atoms with Crippen LogP contribution >= 0.6 is 0 Å². The van der Waals surface area contributed by atoms with Gasteiger partial charge in [-0.15, -0.1) is 0 Å². The predicted molar refractivity (Wildman–Crippen MR) is 81.8 cm³/mol. The van der Waals surface area contributed by atoms with Crippen LogP contribution in [0, 0.1) is 12.3 Å². The summed E-state index contributed by atoms with van der Waals surface area (Å²) in [6.07, 6.45) is 2.90.